The van der Waals surface area contributed by atoms with Gasteiger partial charge >= 0.3 is 12.2 Å². The lowest BCUT2D eigenvalue weighted by atomic mass is 10.2. The molecular weight excluding hydrogens is 313 g/mol. The van der Waals surface area contributed by atoms with Crippen LogP contribution in [0.5, 0.6) is 0 Å². The minimum Gasteiger partial charge on any atom is -0.341 e. The van der Waals surface area contributed by atoms with E-state index in [1.54, 1.807) is 16.7 Å². The van der Waals surface area contributed by atoms with E-state index in [0.29, 0.717) is 19.5 Å². The monoisotopic (exact) mass is 336 g/mol. The molecule has 2 aliphatic heterocycles. The van der Waals surface area contributed by atoms with Gasteiger partial charge in [-0.15, -0.1) is 0 Å². The predicted molar refractivity (Wildman–Crippen MR) is 77.9 cm³/mol. The Morgan fingerprint density at radius 1 is 1.13 bits per heavy atom. The minimum absolute atomic E-state index is 0.0175. The van der Waals surface area contributed by atoms with E-state index < -0.39 is 12.7 Å². The van der Waals surface area contributed by atoms with Crippen LogP contribution >= 0.6 is 0 Å². The number of carbonyl (C=O) groups excluding carboxylic acids is 2. The topological polar surface area (TPSA) is 55.9 Å². The molecule has 1 N–H and O–H groups in total. The lowest BCUT2D eigenvalue weighted by Crippen LogP contribution is -2.58. The van der Waals surface area contributed by atoms with Crippen LogP contribution in [0.3, 0.4) is 0 Å². The Balaban J connectivity index is 1.80. The van der Waals surface area contributed by atoms with Crippen molar-refractivity contribution in [3.8, 4) is 0 Å². The first-order valence-corrected chi connectivity index (χ1v) is 7.77. The summed E-state index contributed by atoms with van der Waals surface area (Å²) in [5.74, 6) is -0.0175. The first-order chi connectivity index (χ1) is 10.7. The highest BCUT2D eigenvalue weighted by Gasteiger charge is 2.36. The second-order valence-electron chi connectivity index (χ2n) is 6.28. The molecule has 0 radical (unpaired) electrons. The Hall–Kier alpha value is -1.51. The van der Waals surface area contributed by atoms with Crippen molar-refractivity contribution < 1.29 is 22.8 Å². The van der Waals surface area contributed by atoms with Crippen molar-refractivity contribution in [2.75, 3.05) is 39.3 Å². The molecule has 2 saturated heterocycles. The van der Waals surface area contributed by atoms with Crippen molar-refractivity contribution in [1.82, 2.24) is 20.0 Å². The van der Waals surface area contributed by atoms with E-state index in [0.717, 1.165) is 0 Å². The van der Waals surface area contributed by atoms with Gasteiger partial charge in [-0.2, -0.15) is 13.2 Å². The molecule has 0 saturated carbocycles. The van der Waals surface area contributed by atoms with Crippen molar-refractivity contribution >= 4 is 11.9 Å². The van der Waals surface area contributed by atoms with Crippen molar-refractivity contribution in [3.63, 3.8) is 0 Å². The number of rotatable bonds is 2. The summed E-state index contributed by atoms with van der Waals surface area (Å²) in [6.45, 7) is 4.10. The summed E-state index contributed by atoms with van der Waals surface area (Å²) < 4.78 is 37.4. The number of hydrogen-bond acceptors (Lipinski definition) is 3. The summed E-state index contributed by atoms with van der Waals surface area (Å²) in [5, 5.41) is 2.87. The smallest absolute Gasteiger partial charge is 0.341 e. The third kappa shape index (κ3) is 4.98. The van der Waals surface area contributed by atoms with Gasteiger partial charge in [0.05, 0.1) is 6.54 Å². The average Bonchev–Trinajstić information content (AvgIpc) is 2.88. The van der Waals surface area contributed by atoms with Crippen LogP contribution in [0.4, 0.5) is 18.0 Å². The van der Waals surface area contributed by atoms with Crippen LogP contribution in [0.25, 0.3) is 0 Å². The molecule has 2 heterocycles. The number of nitrogens with one attached hydrogen (secondary N) is 1. The van der Waals surface area contributed by atoms with E-state index in [2.05, 4.69) is 5.32 Å². The zero-order valence-electron chi connectivity index (χ0n) is 13.4. The highest BCUT2D eigenvalue weighted by Crippen LogP contribution is 2.20. The first kappa shape index (κ1) is 17.8. The van der Waals surface area contributed by atoms with Gasteiger partial charge in [-0.25, -0.2) is 4.79 Å². The summed E-state index contributed by atoms with van der Waals surface area (Å²) in [4.78, 5) is 28.1. The van der Waals surface area contributed by atoms with E-state index in [9.17, 15) is 22.8 Å². The quantitative estimate of drug-likeness (QED) is 0.815. The maximum Gasteiger partial charge on any atom is 0.401 e. The Bertz CT molecular complexity index is 458. The number of halogens is 3. The highest BCUT2D eigenvalue weighted by atomic mass is 19.4. The Morgan fingerprint density at radius 2 is 1.83 bits per heavy atom. The molecule has 2 aliphatic rings. The van der Waals surface area contributed by atoms with Gasteiger partial charge in [0.1, 0.15) is 0 Å². The normalized spacial score (nSPS) is 26.5. The molecule has 2 fully saturated rings. The van der Waals surface area contributed by atoms with Crippen LogP contribution in [-0.2, 0) is 4.79 Å². The number of urea groups is 1. The van der Waals surface area contributed by atoms with Gasteiger partial charge < -0.3 is 15.1 Å². The number of amides is 3. The van der Waals surface area contributed by atoms with Gasteiger partial charge in [-0.1, -0.05) is 0 Å². The number of likely N-dealkylation sites (tertiary alicyclic amines) is 1. The second-order valence-corrected chi connectivity index (χ2v) is 6.28. The maximum atomic E-state index is 12.5. The van der Waals surface area contributed by atoms with Gasteiger partial charge in [0.15, 0.2) is 0 Å². The van der Waals surface area contributed by atoms with Gasteiger partial charge in [-0.05, 0) is 13.3 Å². The SMILES string of the molecule is CC(=O)N1CCC(NC(=O)N2CCN(CC(F)(F)F)C(C)C2)C1. The zero-order chi connectivity index (χ0) is 17.2. The molecule has 0 bridgehead atoms. The molecule has 132 valence electrons. The van der Waals surface area contributed by atoms with Crippen LogP contribution in [0.1, 0.15) is 20.3 Å². The lowest BCUT2D eigenvalue weighted by molar-refractivity contribution is -0.153. The van der Waals surface area contributed by atoms with Crippen molar-refractivity contribution in [3.05, 3.63) is 0 Å². The largest absolute Gasteiger partial charge is 0.401 e. The first-order valence-electron chi connectivity index (χ1n) is 7.77. The predicted octanol–water partition coefficient (Wildman–Crippen LogP) is 0.885. The third-order valence-corrected chi connectivity index (χ3v) is 4.40. The van der Waals surface area contributed by atoms with Gasteiger partial charge in [0.25, 0.3) is 0 Å². The highest BCUT2D eigenvalue weighted by molar-refractivity contribution is 5.76. The Kier molecular flexibility index (Phi) is 5.38. The summed E-state index contributed by atoms with van der Waals surface area (Å²) in [5.41, 5.74) is 0. The molecular formula is C14H23F3N4O2. The molecule has 2 rings (SSSR count). The summed E-state index contributed by atoms with van der Waals surface area (Å²) in [6.07, 6.45) is -3.52. The maximum absolute atomic E-state index is 12.5. The second kappa shape index (κ2) is 6.94. The van der Waals surface area contributed by atoms with Gasteiger partial charge in [-0.3, -0.25) is 9.69 Å². The van der Waals surface area contributed by atoms with Crippen molar-refractivity contribution in [1.29, 1.82) is 0 Å². The Labute approximate surface area is 133 Å². The fourth-order valence-corrected chi connectivity index (χ4v) is 3.07. The van der Waals surface area contributed by atoms with Crippen molar-refractivity contribution in [2.24, 2.45) is 0 Å². The number of hydrogen-bond donors (Lipinski definition) is 1. The van der Waals surface area contributed by atoms with Gasteiger partial charge in [0.2, 0.25) is 5.91 Å². The molecule has 0 aromatic carbocycles. The van der Waals surface area contributed by atoms with E-state index in [1.165, 1.54) is 11.8 Å². The third-order valence-electron chi connectivity index (χ3n) is 4.40. The number of alkyl halides is 3. The molecule has 2 atom stereocenters. The molecule has 2 unspecified atom stereocenters. The zero-order valence-corrected chi connectivity index (χ0v) is 13.4. The van der Waals surface area contributed by atoms with Crippen LogP contribution in [0.2, 0.25) is 0 Å². The number of carbonyl (C=O) groups is 2. The Morgan fingerprint density at radius 3 is 2.35 bits per heavy atom. The molecule has 6 nitrogen and oxygen atoms in total. The van der Waals surface area contributed by atoms with Crippen molar-refractivity contribution in [2.45, 2.75) is 38.5 Å². The van der Waals surface area contributed by atoms with Gasteiger partial charge in [0, 0.05) is 51.7 Å². The molecule has 0 spiro atoms. The average molecular weight is 336 g/mol. The summed E-state index contributed by atoms with van der Waals surface area (Å²) >= 11 is 0. The molecule has 0 aliphatic carbocycles. The molecule has 0 aromatic heterocycles. The van der Waals surface area contributed by atoms with Crippen LogP contribution in [0, 0.1) is 0 Å². The van der Waals surface area contributed by atoms with E-state index >= 15 is 0 Å². The molecule has 3 amide bonds. The fraction of sp³-hybridized carbons (Fsp3) is 0.857. The number of piperazine rings is 1. The van der Waals surface area contributed by atoms with E-state index in [1.807, 2.05) is 0 Å². The van der Waals surface area contributed by atoms with E-state index in [4.69, 9.17) is 0 Å². The molecule has 0 aromatic rings. The molecule has 9 heteroatoms. The lowest BCUT2D eigenvalue weighted by Gasteiger charge is -2.40. The van der Waals surface area contributed by atoms with Crippen LogP contribution in [0.15, 0.2) is 0 Å². The van der Waals surface area contributed by atoms with Crippen LogP contribution < -0.4 is 5.32 Å². The van der Waals surface area contributed by atoms with E-state index in [-0.39, 0.29) is 43.7 Å². The molecule has 23 heavy (non-hydrogen) atoms. The standard InChI is InChI=1S/C14H23F3N4O2/c1-10-7-20(5-6-21(10)9-14(15,16)17)13(23)18-12-3-4-19(8-12)11(2)22/h10,12H,3-9H2,1-2H3,(H,18,23). The number of nitrogens with zero attached hydrogens (tertiary/aromatic N) is 3. The van der Waals surface area contributed by atoms with Crippen LogP contribution in [-0.4, -0.2) is 84.2 Å². The fourth-order valence-electron chi connectivity index (χ4n) is 3.07. The summed E-state index contributed by atoms with van der Waals surface area (Å²) in [7, 11) is 0. The summed E-state index contributed by atoms with van der Waals surface area (Å²) in [6, 6.07) is -0.692. The minimum atomic E-state index is -4.22.